The lowest BCUT2D eigenvalue weighted by Crippen LogP contribution is -1.85. The third-order valence-electron chi connectivity index (χ3n) is 1.79. The Kier molecular flexibility index (Phi) is 4.37. The van der Waals surface area contributed by atoms with Crippen molar-refractivity contribution in [2.24, 2.45) is 0 Å². The smallest absolute Gasteiger partial charge is 0.0175 e. The third kappa shape index (κ3) is 3.40. The summed E-state index contributed by atoms with van der Waals surface area (Å²) in [6.07, 6.45) is 5.90. The van der Waals surface area contributed by atoms with Crippen LogP contribution in [0.3, 0.4) is 0 Å². The molecule has 0 aromatic heterocycles. The molecule has 12 heavy (non-hydrogen) atoms. The normalized spacial score (nSPS) is 10.2. The highest BCUT2D eigenvalue weighted by Crippen LogP contribution is 2.12. The zero-order valence-corrected chi connectivity index (χ0v) is 8.97. The molecule has 0 aliphatic rings. The van der Waals surface area contributed by atoms with Gasteiger partial charge in [0.05, 0.1) is 0 Å². The Bertz CT molecular complexity index is 213. The zero-order chi connectivity index (χ0) is 8.81. The highest BCUT2D eigenvalue weighted by Gasteiger charge is 1.92. The van der Waals surface area contributed by atoms with E-state index in [1.807, 2.05) is 0 Å². The summed E-state index contributed by atoms with van der Waals surface area (Å²) in [5, 5.41) is 0. The molecule has 0 fully saturated rings. The number of halogens is 1. The maximum Gasteiger partial charge on any atom is 0.0175 e. The molecule has 1 rings (SSSR count). The van der Waals surface area contributed by atoms with E-state index >= 15 is 0 Å². The van der Waals surface area contributed by atoms with Crippen molar-refractivity contribution in [3.05, 3.63) is 40.7 Å². The van der Waals surface area contributed by atoms with Crippen molar-refractivity contribution in [1.29, 1.82) is 0 Å². The Morgan fingerprint density at radius 1 is 1.25 bits per heavy atom. The van der Waals surface area contributed by atoms with Crippen molar-refractivity contribution in [1.82, 2.24) is 0 Å². The van der Waals surface area contributed by atoms with Gasteiger partial charge in [0.2, 0.25) is 0 Å². The molecule has 1 heteroatoms. The molecule has 1 aromatic carbocycles. The summed E-state index contributed by atoms with van der Waals surface area (Å²) in [6.45, 7) is 2.21. The number of unbranched alkanes of at least 4 members (excludes halogenated alkanes) is 2. The molecule has 1 aromatic rings. The molecule has 65 valence electrons. The van der Waals surface area contributed by atoms with Crippen LogP contribution in [0.15, 0.2) is 28.7 Å². The van der Waals surface area contributed by atoms with Crippen molar-refractivity contribution < 1.29 is 0 Å². The summed E-state index contributed by atoms with van der Waals surface area (Å²) in [6, 6.07) is 8.51. The first-order valence-corrected chi connectivity index (χ1v) is 5.18. The van der Waals surface area contributed by atoms with Gasteiger partial charge in [0, 0.05) is 4.47 Å². The first-order chi connectivity index (χ1) is 5.83. The molecule has 0 heterocycles. The van der Waals surface area contributed by atoms with Crippen LogP contribution in [-0.2, 0) is 6.42 Å². The van der Waals surface area contributed by atoms with Crippen LogP contribution in [0, 0.1) is 6.42 Å². The van der Waals surface area contributed by atoms with Crippen LogP contribution in [0.4, 0.5) is 0 Å². The maximum atomic E-state index is 3.42. The van der Waals surface area contributed by atoms with Gasteiger partial charge in [0.1, 0.15) is 0 Å². The van der Waals surface area contributed by atoms with Gasteiger partial charge in [-0.1, -0.05) is 47.8 Å². The van der Waals surface area contributed by atoms with E-state index in [-0.39, 0.29) is 0 Å². The Morgan fingerprint density at radius 3 is 2.50 bits per heavy atom. The molecule has 1 radical (unpaired) electrons. The first-order valence-electron chi connectivity index (χ1n) is 4.39. The predicted molar refractivity (Wildman–Crippen MR) is 57.1 cm³/mol. The Balaban J connectivity index is 2.37. The molecular formula is C11H14Br. The molecule has 0 aliphatic carbocycles. The van der Waals surface area contributed by atoms with E-state index in [9.17, 15) is 0 Å². The lowest BCUT2D eigenvalue weighted by atomic mass is 10.1. The largest absolute Gasteiger partial charge is 0.0654 e. The highest BCUT2D eigenvalue weighted by molar-refractivity contribution is 9.10. The van der Waals surface area contributed by atoms with E-state index in [0.29, 0.717) is 0 Å². The Morgan fingerprint density at radius 2 is 1.92 bits per heavy atom. The predicted octanol–water partition coefficient (Wildman–Crippen LogP) is 4.00. The second kappa shape index (κ2) is 5.36. The van der Waals surface area contributed by atoms with Crippen LogP contribution in [0.5, 0.6) is 0 Å². The number of hydrogen-bond acceptors (Lipinski definition) is 0. The van der Waals surface area contributed by atoms with Gasteiger partial charge in [-0.25, -0.2) is 0 Å². The molecule has 0 atom stereocenters. The SMILES string of the molecule is CCC[CH]Cc1ccc(Br)cc1. The molecular weight excluding hydrogens is 212 g/mol. The lowest BCUT2D eigenvalue weighted by Gasteiger charge is -1.99. The molecule has 0 N–H and O–H groups in total. The second-order valence-electron chi connectivity index (χ2n) is 2.91. The van der Waals surface area contributed by atoms with Gasteiger partial charge in [-0.3, -0.25) is 0 Å². The molecule has 0 nitrogen and oxygen atoms in total. The lowest BCUT2D eigenvalue weighted by molar-refractivity contribution is 0.864. The summed E-state index contributed by atoms with van der Waals surface area (Å²) in [5.74, 6) is 0. The average Bonchev–Trinajstić information content (AvgIpc) is 2.09. The topological polar surface area (TPSA) is 0 Å². The molecule has 0 aliphatic heterocycles. The highest BCUT2D eigenvalue weighted by atomic mass is 79.9. The second-order valence-corrected chi connectivity index (χ2v) is 3.82. The van der Waals surface area contributed by atoms with Crippen LogP contribution in [0.25, 0.3) is 0 Å². The number of rotatable bonds is 4. The van der Waals surface area contributed by atoms with Crippen LogP contribution >= 0.6 is 15.9 Å². The van der Waals surface area contributed by atoms with Gasteiger partial charge in [-0.05, 0) is 30.5 Å². The van der Waals surface area contributed by atoms with E-state index in [4.69, 9.17) is 0 Å². The van der Waals surface area contributed by atoms with Crippen LogP contribution in [0.1, 0.15) is 25.3 Å². The first kappa shape index (κ1) is 9.79. The summed E-state index contributed by atoms with van der Waals surface area (Å²) >= 11 is 3.42. The zero-order valence-electron chi connectivity index (χ0n) is 7.39. The molecule has 0 spiro atoms. The molecule has 0 saturated heterocycles. The maximum absolute atomic E-state index is 3.42. The van der Waals surface area contributed by atoms with Gasteiger partial charge in [0.25, 0.3) is 0 Å². The Labute approximate surface area is 83.1 Å². The van der Waals surface area contributed by atoms with Crippen molar-refractivity contribution in [2.45, 2.75) is 26.2 Å². The summed E-state index contributed by atoms with van der Waals surface area (Å²) in [5.41, 5.74) is 1.40. The van der Waals surface area contributed by atoms with E-state index in [1.54, 1.807) is 0 Å². The molecule has 0 unspecified atom stereocenters. The van der Waals surface area contributed by atoms with Crippen LogP contribution < -0.4 is 0 Å². The fourth-order valence-electron chi connectivity index (χ4n) is 1.09. The van der Waals surface area contributed by atoms with Crippen molar-refractivity contribution in [2.75, 3.05) is 0 Å². The summed E-state index contributed by atoms with van der Waals surface area (Å²) in [4.78, 5) is 0. The summed E-state index contributed by atoms with van der Waals surface area (Å²) < 4.78 is 1.15. The van der Waals surface area contributed by atoms with E-state index in [1.165, 1.54) is 18.4 Å². The van der Waals surface area contributed by atoms with Crippen molar-refractivity contribution in [3.8, 4) is 0 Å². The minimum atomic E-state index is 1.10. The molecule has 0 saturated carbocycles. The van der Waals surface area contributed by atoms with Gasteiger partial charge in [-0.2, -0.15) is 0 Å². The third-order valence-corrected chi connectivity index (χ3v) is 2.31. The van der Waals surface area contributed by atoms with E-state index < -0.39 is 0 Å². The van der Waals surface area contributed by atoms with Gasteiger partial charge in [-0.15, -0.1) is 0 Å². The van der Waals surface area contributed by atoms with Crippen LogP contribution in [-0.4, -0.2) is 0 Å². The number of hydrogen-bond donors (Lipinski definition) is 0. The molecule has 0 bridgehead atoms. The van der Waals surface area contributed by atoms with E-state index in [0.717, 1.165) is 10.9 Å². The average molecular weight is 226 g/mol. The van der Waals surface area contributed by atoms with Gasteiger partial charge >= 0.3 is 0 Å². The van der Waals surface area contributed by atoms with E-state index in [2.05, 4.69) is 53.5 Å². The fourth-order valence-corrected chi connectivity index (χ4v) is 1.36. The standard InChI is InChI=1S/C11H14Br/c1-2-3-4-5-10-6-8-11(12)9-7-10/h4,6-9H,2-3,5H2,1H3. The molecule has 0 amide bonds. The fraction of sp³-hybridized carbons (Fsp3) is 0.364. The van der Waals surface area contributed by atoms with Crippen molar-refractivity contribution in [3.63, 3.8) is 0 Å². The van der Waals surface area contributed by atoms with Crippen molar-refractivity contribution >= 4 is 15.9 Å². The van der Waals surface area contributed by atoms with Gasteiger partial charge < -0.3 is 0 Å². The minimum Gasteiger partial charge on any atom is -0.0654 e. The summed E-state index contributed by atoms with van der Waals surface area (Å²) in [7, 11) is 0. The van der Waals surface area contributed by atoms with Crippen LogP contribution in [0.2, 0.25) is 0 Å². The Hall–Kier alpha value is -0.300. The van der Waals surface area contributed by atoms with Gasteiger partial charge in [0.15, 0.2) is 0 Å². The number of benzene rings is 1. The minimum absolute atomic E-state index is 1.10. The monoisotopic (exact) mass is 225 g/mol. The quantitative estimate of drug-likeness (QED) is 0.681.